The Bertz CT molecular complexity index is 1320. The highest BCUT2D eigenvalue weighted by molar-refractivity contribution is 7.09. The largest absolute Gasteiger partial charge is 0.324 e. The van der Waals surface area contributed by atoms with Crippen LogP contribution in [0.25, 0.3) is 5.70 Å². The minimum absolute atomic E-state index is 0.0434. The summed E-state index contributed by atoms with van der Waals surface area (Å²) in [7, 11) is 0. The Balaban J connectivity index is 1.20. The smallest absolute Gasteiger partial charge is 0.321 e. The number of anilines is 1. The average Bonchev–Trinajstić information content (AvgIpc) is 3.56. The van der Waals surface area contributed by atoms with E-state index in [4.69, 9.17) is 9.82 Å². The van der Waals surface area contributed by atoms with Crippen molar-refractivity contribution in [3.63, 3.8) is 0 Å². The van der Waals surface area contributed by atoms with Crippen LogP contribution in [0.3, 0.4) is 0 Å². The van der Waals surface area contributed by atoms with Gasteiger partial charge in [-0.3, -0.25) is 10.3 Å². The Kier molecular flexibility index (Phi) is 6.53. The number of hydroxylamine groups is 1. The number of carbonyl (C=O) groups is 1. The highest BCUT2D eigenvalue weighted by Gasteiger charge is 2.28. The fraction of sp³-hybridized carbons (Fsp3) is 0.296. The maximum Gasteiger partial charge on any atom is 0.321 e. The van der Waals surface area contributed by atoms with Gasteiger partial charge in [0.05, 0.1) is 28.0 Å². The summed E-state index contributed by atoms with van der Waals surface area (Å²) < 4.78 is 0. The third-order valence-electron chi connectivity index (χ3n) is 6.57. The zero-order valence-corrected chi connectivity index (χ0v) is 20.6. The molecule has 1 unspecified atom stereocenters. The van der Waals surface area contributed by atoms with Gasteiger partial charge >= 0.3 is 6.03 Å². The number of amides is 2. The van der Waals surface area contributed by atoms with Crippen LogP contribution in [-0.4, -0.2) is 29.0 Å². The molecule has 7 nitrogen and oxygen atoms in total. The van der Waals surface area contributed by atoms with Crippen LogP contribution in [0.1, 0.15) is 57.8 Å². The van der Waals surface area contributed by atoms with Crippen LogP contribution < -0.4 is 10.8 Å². The number of rotatable bonds is 4. The van der Waals surface area contributed by atoms with Gasteiger partial charge in [-0.05, 0) is 56.0 Å². The first-order chi connectivity index (χ1) is 17.0. The van der Waals surface area contributed by atoms with E-state index in [1.54, 1.807) is 17.4 Å². The van der Waals surface area contributed by atoms with Crippen LogP contribution in [0.15, 0.2) is 53.9 Å². The number of thiazole rings is 1. The second kappa shape index (κ2) is 9.90. The predicted octanol–water partition coefficient (Wildman–Crippen LogP) is 5.66. The van der Waals surface area contributed by atoms with Crippen LogP contribution in [0.5, 0.6) is 0 Å². The summed E-state index contributed by atoms with van der Waals surface area (Å²) >= 11 is 1.64. The number of hydrogen-bond acceptors (Lipinski definition) is 6. The molecule has 0 radical (unpaired) electrons. The quantitative estimate of drug-likeness (QED) is 0.498. The zero-order valence-electron chi connectivity index (χ0n) is 19.7. The van der Waals surface area contributed by atoms with Gasteiger partial charge in [0, 0.05) is 35.6 Å². The molecule has 0 bridgehead atoms. The zero-order chi connectivity index (χ0) is 24.4. The van der Waals surface area contributed by atoms with Crippen molar-refractivity contribution >= 4 is 28.8 Å². The van der Waals surface area contributed by atoms with Crippen molar-refractivity contribution in [1.82, 2.24) is 15.4 Å². The highest BCUT2D eigenvalue weighted by Crippen LogP contribution is 2.34. The van der Waals surface area contributed by atoms with Crippen molar-refractivity contribution < 1.29 is 9.63 Å². The summed E-state index contributed by atoms with van der Waals surface area (Å²) in [5, 5.41) is 15.6. The predicted molar refractivity (Wildman–Crippen MR) is 137 cm³/mol. The van der Waals surface area contributed by atoms with E-state index in [0.717, 1.165) is 51.6 Å². The monoisotopic (exact) mass is 485 g/mol. The topological polar surface area (TPSA) is 90.3 Å². The number of benzene rings is 2. The molecule has 3 heterocycles. The van der Waals surface area contributed by atoms with Crippen molar-refractivity contribution in [2.45, 2.75) is 38.7 Å². The molecule has 1 saturated heterocycles. The second-order valence-corrected chi connectivity index (χ2v) is 9.89. The third-order valence-corrected chi connectivity index (χ3v) is 7.57. The molecule has 2 N–H and O–H groups in total. The van der Waals surface area contributed by atoms with Crippen LogP contribution >= 0.6 is 11.3 Å². The molecule has 0 spiro atoms. The van der Waals surface area contributed by atoms with Gasteiger partial charge in [0.25, 0.3) is 0 Å². The molecule has 178 valence electrons. The normalized spacial score (nSPS) is 18.0. The molecule has 2 aliphatic rings. The fourth-order valence-electron chi connectivity index (χ4n) is 4.48. The van der Waals surface area contributed by atoms with E-state index < -0.39 is 0 Å². The first-order valence-electron chi connectivity index (χ1n) is 11.7. The van der Waals surface area contributed by atoms with Crippen LogP contribution in [0.4, 0.5) is 10.5 Å². The fourth-order valence-corrected chi connectivity index (χ4v) is 5.47. The van der Waals surface area contributed by atoms with Gasteiger partial charge in [-0.15, -0.1) is 11.3 Å². The SMILES string of the molecule is Cc1ccc(C)c(NC(=O)N2CCC(c3nc(C4=CC(c5ccccc5C#N)ON4)cs3)CC2)c1. The number of nitriles is 1. The second-order valence-electron chi connectivity index (χ2n) is 9.00. The number of nitrogens with one attached hydrogen (secondary N) is 2. The Morgan fingerprint density at radius 1 is 1.23 bits per heavy atom. The Hall–Kier alpha value is -3.67. The number of nitrogens with zero attached hydrogens (tertiary/aromatic N) is 3. The lowest BCUT2D eigenvalue weighted by molar-refractivity contribution is 0.0508. The Labute approximate surface area is 209 Å². The van der Waals surface area contributed by atoms with Crippen LogP contribution in [-0.2, 0) is 4.84 Å². The molecule has 2 amide bonds. The maximum atomic E-state index is 12.8. The molecule has 35 heavy (non-hydrogen) atoms. The molecular formula is C27H27N5O2S. The van der Waals surface area contributed by atoms with E-state index in [0.29, 0.717) is 24.6 Å². The first kappa shape index (κ1) is 23.1. The van der Waals surface area contributed by atoms with Crippen LogP contribution in [0.2, 0.25) is 0 Å². The van der Waals surface area contributed by atoms with Gasteiger partial charge in [-0.2, -0.15) is 5.26 Å². The molecule has 3 aromatic rings. The van der Waals surface area contributed by atoms with Gasteiger partial charge < -0.3 is 10.2 Å². The summed E-state index contributed by atoms with van der Waals surface area (Å²) in [6, 6.07) is 15.7. The Morgan fingerprint density at radius 3 is 2.83 bits per heavy atom. The van der Waals surface area contributed by atoms with E-state index in [1.807, 2.05) is 66.6 Å². The van der Waals surface area contributed by atoms with Gasteiger partial charge in [-0.25, -0.2) is 9.78 Å². The minimum atomic E-state index is -0.329. The summed E-state index contributed by atoms with van der Waals surface area (Å²) in [6.07, 6.45) is 3.41. The first-order valence-corrected chi connectivity index (χ1v) is 12.6. The number of urea groups is 1. The summed E-state index contributed by atoms with van der Waals surface area (Å²) in [6.45, 7) is 5.43. The number of carbonyl (C=O) groups excluding carboxylic acids is 1. The van der Waals surface area contributed by atoms with Gasteiger partial charge in [0.2, 0.25) is 0 Å². The average molecular weight is 486 g/mol. The van der Waals surface area contributed by atoms with Gasteiger partial charge in [0.1, 0.15) is 6.10 Å². The molecule has 5 rings (SSSR count). The van der Waals surface area contributed by atoms with Crippen molar-refractivity contribution in [2.75, 3.05) is 18.4 Å². The molecule has 2 aliphatic heterocycles. The maximum absolute atomic E-state index is 12.8. The molecule has 8 heteroatoms. The number of aryl methyl sites for hydroxylation is 2. The van der Waals surface area contributed by atoms with Crippen LogP contribution in [0, 0.1) is 25.2 Å². The highest BCUT2D eigenvalue weighted by atomic mass is 32.1. The molecule has 1 atom stereocenters. The van der Waals surface area contributed by atoms with E-state index in [9.17, 15) is 10.1 Å². The van der Waals surface area contributed by atoms with Crippen molar-refractivity contribution in [3.8, 4) is 6.07 Å². The summed E-state index contributed by atoms with van der Waals surface area (Å²) in [4.78, 5) is 25.3. The van der Waals surface area contributed by atoms with Crippen molar-refractivity contribution in [1.29, 1.82) is 5.26 Å². The molecular weight excluding hydrogens is 458 g/mol. The van der Waals surface area contributed by atoms with E-state index in [1.165, 1.54) is 0 Å². The standard InChI is InChI=1S/C27H27N5O2S/c1-17-7-8-18(2)22(13-17)30-27(33)32-11-9-19(10-12-32)26-29-24(16-35-26)23-14-25(34-31-23)21-6-4-3-5-20(21)15-28/h3-8,13-14,16,19,25,31H,9-12H2,1-2H3,(H,30,33). The third kappa shape index (κ3) is 4.92. The van der Waals surface area contributed by atoms with Crippen molar-refractivity contribution in [2.24, 2.45) is 0 Å². The molecule has 2 aromatic carbocycles. The lowest BCUT2D eigenvalue weighted by Gasteiger charge is -2.31. The lowest BCUT2D eigenvalue weighted by Crippen LogP contribution is -2.40. The number of hydrogen-bond donors (Lipinski definition) is 2. The summed E-state index contributed by atoms with van der Waals surface area (Å²) in [5.74, 6) is 0.330. The lowest BCUT2D eigenvalue weighted by atomic mass is 9.98. The number of piperidine rings is 1. The van der Waals surface area contributed by atoms with E-state index >= 15 is 0 Å². The van der Waals surface area contributed by atoms with Gasteiger partial charge in [0.15, 0.2) is 0 Å². The van der Waals surface area contributed by atoms with E-state index in [-0.39, 0.29) is 12.1 Å². The van der Waals surface area contributed by atoms with E-state index in [2.05, 4.69) is 16.9 Å². The molecule has 0 aliphatic carbocycles. The van der Waals surface area contributed by atoms with Crippen molar-refractivity contribution in [3.05, 3.63) is 86.9 Å². The Morgan fingerprint density at radius 2 is 2.03 bits per heavy atom. The number of aromatic nitrogens is 1. The minimum Gasteiger partial charge on any atom is -0.324 e. The number of likely N-dealkylation sites (tertiary alicyclic amines) is 1. The molecule has 1 aromatic heterocycles. The summed E-state index contributed by atoms with van der Waals surface area (Å²) in [5.41, 5.74) is 9.13. The van der Waals surface area contributed by atoms with Gasteiger partial charge in [-0.1, -0.05) is 30.3 Å². The molecule has 1 fully saturated rings. The molecule has 0 saturated carbocycles.